The monoisotopic (exact) mass is 386 g/mol. The van der Waals surface area contributed by atoms with Crippen molar-refractivity contribution in [2.75, 3.05) is 52.5 Å². The van der Waals surface area contributed by atoms with Gasteiger partial charge in [-0.05, 0) is 44.4 Å². The summed E-state index contributed by atoms with van der Waals surface area (Å²) in [6.07, 6.45) is 5.67. The van der Waals surface area contributed by atoms with E-state index in [4.69, 9.17) is 4.74 Å². The van der Waals surface area contributed by atoms with Gasteiger partial charge in [-0.1, -0.05) is 6.07 Å². The molecule has 0 spiro atoms. The van der Waals surface area contributed by atoms with Crippen LogP contribution < -0.4 is 0 Å². The zero-order chi connectivity index (χ0) is 19.3. The molecule has 1 atom stereocenters. The number of carbonyl (C=O) groups is 2. The van der Waals surface area contributed by atoms with Crippen LogP contribution in [0.15, 0.2) is 24.4 Å². The second-order valence-electron chi connectivity index (χ2n) is 8.01. The topological polar surface area (TPSA) is 66.0 Å². The predicted molar refractivity (Wildman–Crippen MR) is 105 cm³/mol. The molecule has 3 saturated heterocycles. The minimum Gasteiger partial charge on any atom is -0.378 e. The van der Waals surface area contributed by atoms with Crippen molar-refractivity contribution in [1.82, 2.24) is 19.7 Å². The Balaban J connectivity index is 1.29. The first-order chi connectivity index (χ1) is 13.7. The summed E-state index contributed by atoms with van der Waals surface area (Å²) < 4.78 is 5.37. The zero-order valence-corrected chi connectivity index (χ0v) is 16.5. The Kier molecular flexibility index (Phi) is 6.22. The Morgan fingerprint density at radius 2 is 1.75 bits per heavy atom. The minimum absolute atomic E-state index is 0.0260. The van der Waals surface area contributed by atoms with Crippen LogP contribution in [0, 0.1) is 5.92 Å². The summed E-state index contributed by atoms with van der Waals surface area (Å²) in [4.78, 5) is 36.0. The first-order valence-corrected chi connectivity index (χ1v) is 10.5. The molecule has 3 fully saturated rings. The summed E-state index contributed by atoms with van der Waals surface area (Å²) in [5.41, 5.74) is 0.523. The molecule has 28 heavy (non-hydrogen) atoms. The van der Waals surface area contributed by atoms with E-state index >= 15 is 0 Å². The first-order valence-electron chi connectivity index (χ1n) is 10.5. The number of rotatable bonds is 3. The molecule has 0 radical (unpaired) electrons. The van der Waals surface area contributed by atoms with E-state index in [1.54, 1.807) is 12.3 Å². The van der Waals surface area contributed by atoms with E-state index in [2.05, 4.69) is 9.88 Å². The SMILES string of the molecule is O=C(c1ccccn1)N1CCC(N2CCC[C@H](C(=O)N3CCOCC3)C2)CC1. The number of aromatic nitrogens is 1. The van der Waals surface area contributed by atoms with E-state index in [1.165, 1.54) is 0 Å². The molecule has 3 aliphatic rings. The van der Waals surface area contributed by atoms with E-state index in [0.29, 0.717) is 30.9 Å². The van der Waals surface area contributed by atoms with Gasteiger partial charge in [-0.25, -0.2) is 0 Å². The van der Waals surface area contributed by atoms with Crippen molar-refractivity contribution in [3.8, 4) is 0 Å². The molecular formula is C21H30N4O3. The molecule has 4 rings (SSSR count). The summed E-state index contributed by atoms with van der Waals surface area (Å²) in [5.74, 6) is 0.439. The molecule has 152 valence electrons. The standard InChI is InChI=1S/C21H30N4O3/c26-20(24-12-14-28-15-13-24)17-4-3-9-25(16-17)18-6-10-23(11-7-18)21(27)19-5-1-2-8-22-19/h1-2,5,8,17-18H,3-4,6-7,9-16H2/t17-/m0/s1. The highest BCUT2D eigenvalue weighted by molar-refractivity contribution is 5.92. The predicted octanol–water partition coefficient (Wildman–Crippen LogP) is 1.26. The Hall–Kier alpha value is -1.99. The van der Waals surface area contributed by atoms with Gasteiger partial charge in [0.15, 0.2) is 0 Å². The van der Waals surface area contributed by atoms with Crippen molar-refractivity contribution in [2.45, 2.75) is 31.7 Å². The molecule has 0 saturated carbocycles. The van der Waals surface area contributed by atoms with Crippen molar-refractivity contribution in [1.29, 1.82) is 0 Å². The Labute approximate surface area is 166 Å². The minimum atomic E-state index is 0.0260. The van der Waals surface area contributed by atoms with Gasteiger partial charge in [0, 0.05) is 45.0 Å². The molecule has 7 heteroatoms. The van der Waals surface area contributed by atoms with Gasteiger partial charge in [0.25, 0.3) is 5.91 Å². The molecule has 0 aromatic carbocycles. The zero-order valence-electron chi connectivity index (χ0n) is 16.5. The lowest BCUT2D eigenvalue weighted by Crippen LogP contribution is -2.53. The summed E-state index contributed by atoms with van der Waals surface area (Å²) in [7, 11) is 0. The van der Waals surface area contributed by atoms with Gasteiger partial charge in [0.2, 0.25) is 5.91 Å². The fourth-order valence-electron chi connectivity index (χ4n) is 4.67. The summed E-state index contributed by atoms with van der Waals surface area (Å²) in [5, 5.41) is 0. The third-order valence-corrected chi connectivity index (χ3v) is 6.28. The van der Waals surface area contributed by atoms with Crippen molar-refractivity contribution in [2.24, 2.45) is 5.92 Å². The van der Waals surface area contributed by atoms with Crippen LogP contribution in [0.25, 0.3) is 0 Å². The molecule has 1 aromatic heterocycles. The molecule has 0 unspecified atom stereocenters. The number of hydrogen-bond acceptors (Lipinski definition) is 5. The molecule has 0 N–H and O–H groups in total. The number of ether oxygens (including phenoxy) is 1. The summed E-state index contributed by atoms with van der Waals surface area (Å²) in [6, 6.07) is 5.93. The molecular weight excluding hydrogens is 356 g/mol. The van der Waals surface area contributed by atoms with Crippen LogP contribution in [0.3, 0.4) is 0 Å². The lowest BCUT2D eigenvalue weighted by molar-refractivity contribution is -0.141. The van der Waals surface area contributed by atoms with Crippen LogP contribution in [0.2, 0.25) is 0 Å². The fourth-order valence-corrected chi connectivity index (χ4v) is 4.67. The first kappa shape index (κ1) is 19.3. The molecule has 0 aliphatic carbocycles. The fraction of sp³-hybridized carbons (Fsp3) is 0.667. The number of amides is 2. The van der Waals surface area contributed by atoms with E-state index in [-0.39, 0.29) is 11.8 Å². The maximum Gasteiger partial charge on any atom is 0.272 e. The maximum absolute atomic E-state index is 12.9. The molecule has 1 aromatic rings. The normalized spacial score (nSPS) is 24.9. The molecule has 4 heterocycles. The van der Waals surface area contributed by atoms with Crippen LogP contribution in [0.1, 0.15) is 36.2 Å². The van der Waals surface area contributed by atoms with E-state index in [1.807, 2.05) is 21.9 Å². The van der Waals surface area contributed by atoms with Gasteiger partial charge >= 0.3 is 0 Å². The van der Waals surface area contributed by atoms with Gasteiger partial charge < -0.3 is 14.5 Å². The largest absolute Gasteiger partial charge is 0.378 e. The third-order valence-electron chi connectivity index (χ3n) is 6.28. The second kappa shape index (κ2) is 9.01. The van der Waals surface area contributed by atoms with Crippen molar-refractivity contribution >= 4 is 11.8 Å². The van der Waals surface area contributed by atoms with Gasteiger partial charge in [0.05, 0.1) is 19.1 Å². The number of pyridine rings is 1. The third kappa shape index (κ3) is 4.36. The second-order valence-corrected chi connectivity index (χ2v) is 8.01. The lowest BCUT2D eigenvalue weighted by atomic mass is 9.92. The van der Waals surface area contributed by atoms with Gasteiger partial charge in [-0.3, -0.25) is 19.5 Å². The Bertz CT molecular complexity index is 669. The van der Waals surface area contributed by atoms with E-state index in [9.17, 15) is 9.59 Å². The quantitative estimate of drug-likeness (QED) is 0.782. The number of likely N-dealkylation sites (tertiary alicyclic amines) is 2. The molecule has 2 amide bonds. The van der Waals surface area contributed by atoms with Gasteiger partial charge in [-0.2, -0.15) is 0 Å². The summed E-state index contributed by atoms with van der Waals surface area (Å²) >= 11 is 0. The van der Waals surface area contributed by atoms with Crippen LogP contribution >= 0.6 is 0 Å². The van der Waals surface area contributed by atoms with E-state index < -0.39 is 0 Å². The number of piperidine rings is 2. The molecule has 7 nitrogen and oxygen atoms in total. The highest BCUT2D eigenvalue weighted by Gasteiger charge is 2.34. The summed E-state index contributed by atoms with van der Waals surface area (Å²) in [6.45, 7) is 6.21. The van der Waals surface area contributed by atoms with Crippen molar-refractivity contribution in [3.63, 3.8) is 0 Å². The highest BCUT2D eigenvalue weighted by atomic mass is 16.5. The van der Waals surface area contributed by atoms with E-state index in [0.717, 1.165) is 65.0 Å². The van der Waals surface area contributed by atoms with Crippen molar-refractivity contribution in [3.05, 3.63) is 30.1 Å². The van der Waals surface area contributed by atoms with Gasteiger partial charge in [-0.15, -0.1) is 0 Å². The van der Waals surface area contributed by atoms with Gasteiger partial charge in [0.1, 0.15) is 5.69 Å². The molecule has 0 bridgehead atoms. The number of nitrogens with zero attached hydrogens (tertiary/aromatic N) is 4. The number of hydrogen-bond donors (Lipinski definition) is 0. The number of carbonyl (C=O) groups excluding carboxylic acids is 2. The van der Waals surface area contributed by atoms with Crippen molar-refractivity contribution < 1.29 is 14.3 Å². The maximum atomic E-state index is 12.9. The average molecular weight is 386 g/mol. The van der Waals surface area contributed by atoms with Crippen LogP contribution in [-0.4, -0.2) is 90.0 Å². The average Bonchev–Trinajstić information content (AvgIpc) is 2.79. The molecule has 3 aliphatic heterocycles. The Morgan fingerprint density at radius 3 is 2.46 bits per heavy atom. The highest BCUT2D eigenvalue weighted by Crippen LogP contribution is 2.25. The number of morpholine rings is 1. The van der Waals surface area contributed by atoms with Crippen LogP contribution in [0.4, 0.5) is 0 Å². The Morgan fingerprint density at radius 1 is 0.964 bits per heavy atom. The smallest absolute Gasteiger partial charge is 0.272 e. The van der Waals surface area contributed by atoms with Crippen LogP contribution in [0.5, 0.6) is 0 Å². The lowest BCUT2D eigenvalue weighted by Gasteiger charge is -2.43. The van der Waals surface area contributed by atoms with Crippen LogP contribution in [-0.2, 0) is 9.53 Å².